The Bertz CT molecular complexity index is 334. The van der Waals surface area contributed by atoms with Gasteiger partial charge in [0.25, 0.3) is 0 Å². The molecule has 1 aromatic heterocycles. The van der Waals surface area contributed by atoms with Gasteiger partial charge in [-0.1, -0.05) is 19.3 Å². The van der Waals surface area contributed by atoms with E-state index in [0.29, 0.717) is 5.92 Å². The van der Waals surface area contributed by atoms with Crippen LogP contribution in [-0.2, 0) is 0 Å². The van der Waals surface area contributed by atoms with E-state index in [2.05, 4.69) is 35.4 Å². The SMILES string of the molecule is CC(C)(C)Nc1nc(C2CCCCC2)ns1. The van der Waals surface area contributed by atoms with Crippen LogP contribution in [0.4, 0.5) is 5.13 Å². The molecule has 0 spiro atoms. The first-order valence-electron chi connectivity index (χ1n) is 6.16. The summed E-state index contributed by atoms with van der Waals surface area (Å²) in [5.41, 5.74) is 0.0728. The minimum atomic E-state index is 0.0728. The Morgan fingerprint density at radius 3 is 2.50 bits per heavy atom. The van der Waals surface area contributed by atoms with Crippen LogP contribution in [0.25, 0.3) is 0 Å². The second kappa shape index (κ2) is 4.70. The molecule has 1 aliphatic rings. The lowest BCUT2D eigenvalue weighted by molar-refractivity contribution is 0.431. The van der Waals surface area contributed by atoms with Crippen LogP contribution < -0.4 is 5.32 Å². The smallest absolute Gasteiger partial charge is 0.202 e. The van der Waals surface area contributed by atoms with Gasteiger partial charge in [0.15, 0.2) is 0 Å². The molecule has 0 bridgehead atoms. The highest BCUT2D eigenvalue weighted by molar-refractivity contribution is 7.09. The van der Waals surface area contributed by atoms with Crippen LogP contribution >= 0.6 is 11.5 Å². The zero-order valence-corrected chi connectivity index (χ0v) is 11.2. The van der Waals surface area contributed by atoms with Gasteiger partial charge in [0.05, 0.1) is 0 Å². The molecule has 1 N–H and O–H groups in total. The second-order valence-corrected chi connectivity index (χ2v) is 6.42. The summed E-state index contributed by atoms with van der Waals surface area (Å²) in [5, 5.41) is 4.35. The normalized spacial score (nSPS) is 18.7. The number of rotatable bonds is 2. The third-order valence-corrected chi connectivity index (χ3v) is 3.54. The van der Waals surface area contributed by atoms with Crippen LogP contribution in [0.2, 0.25) is 0 Å². The van der Waals surface area contributed by atoms with Crippen molar-refractivity contribution in [3.8, 4) is 0 Å². The molecule has 0 aromatic carbocycles. The van der Waals surface area contributed by atoms with Crippen molar-refractivity contribution in [1.82, 2.24) is 9.36 Å². The van der Waals surface area contributed by atoms with Gasteiger partial charge in [-0.05, 0) is 33.6 Å². The van der Waals surface area contributed by atoms with Gasteiger partial charge in [-0.15, -0.1) is 0 Å². The standard InChI is InChI=1S/C12H21N3S/c1-12(2,3)14-11-13-10(15-16-11)9-7-5-4-6-8-9/h9H,4-8H2,1-3H3,(H,13,14,15). The number of nitrogens with zero attached hydrogens (tertiary/aromatic N) is 2. The van der Waals surface area contributed by atoms with Crippen LogP contribution in [0.1, 0.15) is 64.6 Å². The second-order valence-electron chi connectivity index (χ2n) is 5.67. The summed E-state index contributed by atoms with van der Waals surface area (Å²) in [6.45, 7) is 6.44. The minimum Gasteiger partial charge on any atom is -0.356 e. The maximum Gasteiger partial charge on any atom is 0.202 e. The molecule has 1 fully saturated rings. The lowest BCUT2D eigenvalue weighted by atomic mass is 9.89. The van der Waals surface area contributed by atoms with Crippen molar-refractivity contribution in [2.45, 2.75) is 64.3 Å². The Hall–Kier alpha value is -0.640. The fourth-order valence-corrected chi connectivity index (χ4v) is 2.99. The largest absolute Gasteiger partial charge is 0.356 e. The van der Waals surface area contributed by atoms with E-state index in [1.807, 2.05) is 0 Å². The first-order chi connectivity index (χ1) is 7.54. The molecule has 0 aliphatic heterocycles. The summed E-state index contributed by atoms with van der Waals surface area (Å²) < 4.78 is 4.49. The summed E-state index contributed by atoms with van der Waals surface area (Å²) >= 11 is 1.50. The molecule has 1 saturated carbocycles. The number of hydrogen-bond donors (Lipinski definition) is 1. The Kier molecular flexibility index (Phi) is 3.47. The van der Waals surface area contributed by atoms with Crippen molar-refractivity contribution in [1.29, 1.82) is 0 Å². The van der Waals surface area contributed by atoms with E-state index < -0.39 is 0 Å². The highest BCUT2D eigenvalue weighted by atomic mass is 32.1. The average Bonchev–Trinajstić information content (AvgIpc) is 2.65. The van der Waals surface area contributed by atoms with E-state index in [-0.39, 0.29) is 5.54 Å². The Labute approximate surface area is 102 Å². The van der Waals surface area contributed by atoms with Crippen molar-refractivity contribution >= 4 is 16.7 Å². The van der Waals surface area contributed by atoms with Gasteiger partial charge in [-0.25, -0.2) is 4.98 Å². The van der Waals surface area contributed by atoms with Crippen LogP contribution in [-0.4, -0.2) is 14.9 Å². The molecule has 3 nitrogen and oxygen atoms in total. The Morgan fingerprint density at radius 2 is 1.88 bits per heavy atom. The highest BCUT2D eigenvalue weighted by Crippen LogP contribution is 2.32. The summed E-state index contributed by atoms with van der Waals surface area (Å²) in [6, 6.07) is 0. The van der Waals surface area contributed by atoms with Crippen molar-refractivity contribution in [2.75, 3.05) is 5.32 Å². The van der Waals surface area contributed by atoms with Gasteiger partial charge < -0.3 is 5.32 Å². The quantitative estimate of drug-likeness (QED) is 0.853. The summed E-state index contributed by atoms with van der Waals surface area (Å²) in [7, 11) is 0. The number of nitrogens with one attached hydrogen (secondary N) is 1. The molecule has 0 amide bonds. The molecule has 0 saturated heterocycles. The van der Waals surface area contributed by atoms with Crippen molar-refractivity contribution in [3.05, 3.63) is 5.82 Å². The molecule has 1 aliphatic carbocycles. The summed E-state index contributed by atoms with van der Waals surface area (Å²) in [4.78, 5) is 4.62. The molecule has 0 unspecified atom stereocenters. The van der Waals surface area contributed by atoms with E-state index in [1.165, 1.54) is 43.6 Å². The molecule has 0 atom stereocenters. The van der Waals surface area contributed by atoms with Gasteiger partial charge in [0.1, 0.15) is 5.82 Å². The molecule has 1 heterocycles. The lowest BCUT2D eigenvalue weighted by Crippen LogP contribution is -2.25. The fourth-order valence-electron chi connectivity index (χ4n) is 2.13. The van der Waals surface area contributed by atoms with Crippen LogP contribution in [0, 0.1) is 0 Å². The Balaban J connectivity index is 2.01. The van der Waals surface area contributed by atoms with Gasteiger partial charge in [-0.2, -0.15) is 4.37 Å². The molecule has 1 aromatic rings. The van der Waals surface area contributed by atoms with Crippen molar-refractivity contribution in [2.24, 2.45) is 0 Å². The summed E-state index contributed by atoms with van der Waals surface area (Å²) in [5.74, 6) is 1.68. The molecule has 16 heavy (non-hydrogen) atoms. The lowest BCUT2D eigenvalue weighted by Gasteiger charge is -2.20. The first kappa shape index (κ1) is 11.8. The monoisotopic (exact) mass is 239 g/mol. The highest BCUT2D eigenvalue weighted by Gasteiger charge is 2.20. The van der Waals surface area contributed by atoms with Gasteiger partial charge >= 0.3 is 0 Å². The van der Waals surface area contributed by atoms with Crippen molar-refractivity contribution < 1.29 is 0 Å². The van der Waals surface area contributed by atoms with Crippen LogP contribution in [0.5, 0.6) is 0 Å². The first-order valence-corrected chi connectivity index (χ1v) is 6.94. The number of anilines is 1. The summed E-state index contributed by atoms with van der Waals surface area (Å²) in [6.07, 6.45) is 6.60. The van der Waals surface area contributed by atoms with Gasteiger partial charge in [0.2, 0.25) is 5.13 Å². The molecule has 4 heteroatoms. The van der Waals surface area contributed by atoms with Crippen molar-refractivity contribution in [3.63, 3.8) is 0 Å². The predicted octanol–water partition coefficient (Wildman–Crippen LogP) is 3.80. The van der Waals surface area contributed by atoms with E-state index in [1.54, 1.807) is 0 Å². The maximum atomic E-state index is 4.62. The van der Waals surface area contributed by atoms with Crippen LogP contribution in [0.15, 0.2) is 0 Å². The van der Waals surface area contributed by atoms with E-state index in [9.17, 15) is 0 Å². The third kappa shape index (κ3) is 3.17. The third-order valence-electron chi connectivity index (χ3n) is 2.89. The molecule has 0 radical (unpaired) electrons. The number of aromatic nitrogens is 2. The maximum absolute atomic E-state index is 4.62. The molecule has 2 rings (SSSR count). The topological polar surface area (TPSA) is 37.8 Å². The zero-order chi connectivity index (χ0) is 11.6. The predicted molar refractivity (Wildman–Crippen MR) is 69.1 cm³/mol. The average molecular weight is 239 g/mol. The molecule has 90 valence electrons. The van der Waals surface area contributed by atoms with Gasteiger partial charge in [0, 0.05) is 23.0 Å². The molecular weight excluding hydrogens is 218 g/mol. The number of hydrogen-bond acceptors (Lipinski definition) is 4. The zero-order valence-electron chi connectivity index (χ0n) is 10.4. The fraction of sp³-hybridized carbons (Fsp3) is 0.833. The van der Waals surface area contributed by atoms with Gasteiger partial charge in [-0.3, -0.25) is 0 Å². The molecular formula is C12H21N3S. The van der Waals surface area contributed by atoms with Crippen LogP contribution in [0.3, 0.4) is 0 Å². The minimum absolute atomic E-state index is 0.0728. The Morgan fingerprint density at radius 1 is 1.19 bits per heavy atom. The van der Waals surface area contributed by atoms with E-state index >= 15 is 0 Å². The van der Waals surface area contributed by atoms with E-state index in [4.69, 9.17) is 0 Å². The van der Waals surface area contributed by atoms with E-state index in [0.717, 1.165) is 11.0 Å².